The van der Waals surface area contributed by atoms with Gasteiger partial charge in [-0.3, -0.25) is 4.90 Å². The van der Waals surface area contributed by atoms with E-state index >= 15 is 0 Å². The van der Waals surface area contributed by atoms with Gasteiger partial charge in [0.1, 0.15) is 11.6 Å². The molecule has 2 N–H and O–H groups in total. The van der Waals surface area contributed by atoms with Gasteiger partial charge in [0.25, 0.3) is 0 Å². The lowest BCUT2D eigenvalue weighted by Gasteiger charge is -2.34. The maximum absolute atomic E-state index is 13.6. The average Bonchev–Trinajstić information content (AvgIpc) is 2.48. The van der Waals surface area contributed by atoms with Crippen molar-refractivity contribution in [3.05, 3.63) is 35.4 Å². The van der Waals surface area contributed by atoms with Crippen LogP contribution in [0.15, 0.2) is 18.2 Å². The predicted octanol–water partition coefficient (Wildman–Crippen LogP) is 2.21. The molecule has 1 aromatic carbocycles. The van der Waals surface area contributed by atoms with Crippen molar-refractivity contribution in [3.8, 4) is 0 Å². The van der Waals surface area contributed by atoms with Crippen LogP contribution in [0.25, 0.3) is 0 Å². The van der Waals surface area contributed by atoms with E-state index < -0.39 is 11.6 Å². The quantitative estimate of drug-likeness (QED) is 0.783. The van der Waals surface area contributed by atoms with Gasteiger partial charge in [-0.05, 0) is 32.0 Å². The molecule has 0 saturated carbocycles. The summed E-state index contributed by atoms with van der Waals surface area (Å²) in [6, 6.07) is 3.83. The second-order valence-electron chi connectivity index (χ2n) is 5.70. The van der Waals surface area contributed by atoms with Gasteiger partial charge in [-0.15, -0.1) is 0 Å². The molecule has 1 aliphatic heterocycles. The maximum Gasteiger partial charge on any atom is 0.130 e. The van der Waals surface area contributed by atoms with Crippen molar-refractivity contribution in [3.63, 3.8) is 0 Å². The highest BCUT2D eigenvalue weighted by atomic mass is 19.1. The van der Waals surface area contributed by atoms with Crippen LogP contribution >= 0.6 is 0 Å². The number of rotatable bonds is 7. The number of piperazine rings is 1. The zero-order valence-corrected chi connectivity index (χ0v) is 12.5. The van der Waals surface area contributed by atoms with Crippen molar-refractivity contribution in [2.45, 2.75) is 25.8 Å². The van der Waals surface area contributed by atoms with E-state index in [1.54, 1.807) is 6.07 Å². The van der Waals surface area contributed by atoms with Crippen molar-refractivity contribution in [1.82, 2.24) is 9.80 Å². The lowest BCUT2D eigenvalue weighted by Crippen LogP contribution is -2.46. The van der Waals surface area contributed by atoms with E-state index in [4.69, 9.17) is 5.73 Å². The fourth-order valence-electron chi connectivity index (χ4n) is 2.72. The largest absolute Gasteiger partial charge is 0.330 e. The number of hydrogen-bond donors (Lipinski definition) is 1. The summed E-state index contributed by atoms with van der Waals surface area (Å²) in [4.78, 5) is 4.68. The SMILES string of the molecule is NCCCCCN1CCN(Cc2ccc(F)cc2F)CC1. The molecule has 0 unspecified atom stereocenters. The minimum Gasteiger partial charge on any atom is -0.330 e. The molecule has 1 aromatic rings. The topological polar surface area (TPSA) is 32.5 Å². The Hall–Kier alpha value is -1.04. The first-order valence-electron chi connectivity index (χ1n) is 7.78. The average molecular weight is 297 g/mol. The molecule has 1 aliphatic rings. The first-order valence-corrected chi connectivity index (χ1v) is 7.78. The summed E-state index contributed by atoms with van der Waals surface area (Å²) in [7, 11) is 0. The second kappa shape index (κ2) is 8.41. The van der Waals surface area contributed by atoms with Crippen molar-refractivity contribution in [2.75, 3.05) is 39.3 Å². The molecule has 0 amide bonds. The molecule has 1 saturated heterocycles. The van der Waals surface area contributed by atoms with Gasteiger partial charge < -0.3 is 10.6 Å². The number of hydrogen-bond acceptors (Lipinski definition) is 3. The van der Waals surface area contributed by atoms with Crippen LogP contribution in [-0.4, -0.2) is 49.1 Å². The first kappa shape index (κ1) is 16.3. The second-order valence-corrected chi connectivity index (χ2v) is 5.70. The Labute approximate surface area is 125 Å². The highest BCUT2D eigenvalue weighted by Crippen LogP contribution is 2.14. The van der Waals surface area contributed by atoms with Crippen LogP contribution in [0.2, 0.25) is 0 Å². The minimum atomic E-state index is -0.515. The third kappa shape index (κ3) is 5.34. The zero-order chi connectivity index (χ0) is 15.1. The Morgan fingerprint density at radius 1 is 0.952 bits per heavy atom. The Balaban J connectivity index is 1.71. The molecule has 118 valence electrons. The van der Waals surface area contributed by atoms with Crippen molar-refractivity contribution in [2.24, 2.45) is 5.73 Å². The summed E-state index contributed by atoms with van der Waals surface area (Å²) in [6.07, 6.45) is 3.49. The van der Waals surface area contributed by atoms with E-state index in [9.17, 15) is 8.78 Å². The molecule has 0 radical (unpaired) electrons. The van der Waals surface area contributed by atoms with Crippen LogP contribution in [-0.2, 0) is 6.54 Å². The summed E-state index contributed by atoms with van der Waals surface area (Å²) < 4.78 is 26.5. The lowest BCUT2D eigenvalue weighted by molar-refractivity contribution is 0.124. The summed E-state index contributed by atoms with van der Waals surface area (Å²) in [5.74, 6) is -0.960. The van der Waals surface area contributed by atoms with Crippen molar-refractivity contribution < 1.29 is 8.78 Å². The van der Waals surface area contributed by atoms with Crippen LogP contribution < -0.4 is 5.73 Å². The van der Waals surface area contributed by atoms with Crippen molar-refractivity contribution >= 4 is 0 Å². The molecule has 0 aromatic heterocycles. The minimum absolute atomic E-state index is 0.445. The van der Waals surface area contributed by atoms with Gasteiger partial charge in [-0.25, -0.2) is 8.78 Å². The first-order chi connectivity index (χ1) is 10.2. The van der Waals surface area contributed by atoms with Gasteiger partial charge in [0, 0.05) is 44.4 Å². The van der Waals surface area contributed by atoms with Crippen LogP contribution in [0.1, 0.15) is 24.8 Å². The molecule has 21 heavy (non-hydrogen) atoms. The normalized spacial score (nSPS) is 17.3. The summed E-state index contributed by atoms with van der Waals surface area (Å²) in [6.45, 7) is 6.38. The number of halogens is 2. The summed E-state index contributed by atoms with van der Waals surface area (Å²) in [5.41, 5.74) is 6.06. The van der Waals surface area contributed by atoms with E-state index in [0.29, 0.717) is 12.1 Å². The van der Waals surface area contributed by atoms with Crippen LogP contribution in [0.5, 0.6) is 0 Å². The third-order valence-electron chi connectivity index (χ3n) is 4.05. The smallest absolute Gasteiger partial charge is 0.130 e. The van der Waals surface area contributed by atoms with Gasteiger partial charge in [0.15, 0.2) is 0 Å². The molecule has 2 rings (SSSR count). The molecular weight excluding hydrogens is 272 g/mol. The number of unbranched alkanes of at least 4 members (excludes halogenated alkanes) is 2. The molecule has 3 nitrogen and oxygen atoms in total. The van der Waals surface area contributed by atoms with E-state index in [0.717, 1.165) is 51.8 Å². The Bertz CT molecular complexity index is 432. The van der Waals surface area contributed by atoms with E-state index in [1.807, 2.05) is 0 Å². The fourth-order valence-corrected chi connectivity index (χ4v) is 2.72. The number of benzene rings is 1. The zero-order valence-electron chi connectivity index (χ0n) is 12.5. The highest BCUT2D eigenvalue weighted by molar-refractivity contribution is 5.18. The fraction of sp³-hybridized carbons (Fsp3) is 0.625. The molecule has 1 fully saturated rings. The standard InChI is InChI=1S/C16H25F2N3/c17-15-5-4-14(16(18)12-15)13-21-10-8-20(9-11-21)7-3-1-2-6-19/h4-5,12H,1-3,6-11,13,19H2. The molecule has 5 heteroatoms. The van der Waals surface area contributed by atoms with E-state index in [2.05, 4.69) is 9.80 Å². The van der Waals surface area contributed by atoms with Gasteiger partial charge in [-0.1, -0.05) is 12.5 Å². The Kier molecular flexibility index (Phi) is 6.54. The van der Waals surface area contributed by atoms with Crippen LogP contribution in [0, 0.1) is 11.6 Å². The van der Waals surface area contributed by atoms with E-state index in [1.165, 1.54) is 18.9 Å². The Morgan fingerprint density at radius 2 is 1.67 bits per heavy atom. The lowest BCUT2D eigenvalue weighted by atomic mass is 10.1. The summed E-state index contributed by atoms with van der Waals surface area (Å²) in [5, 5.41) is 0. The maximum atomic E-state index is 13.6. The highest BCUT2D eigenvalue weighted by Gasteiger charge is 2.17. The molecule has 0 bridgehead atoms. The van der Waals surface area contributed by atoms with Crippen LogP contribution in [0.3, 0.4) is 0 Å². The molecule has 0 spiro atoms. The molecule has 1 heterocycles. The number of nitrogens with two attached hydrogens (primary N) is 1. The van der Waals surface area contributed by atoms with Gasteiger partial charge in [0.05, 0.1) is 0 Å². The summed E-state index contributed by atoms with van der Waals surface area (Å²) >= 11 is 0. The molecule has 0 aliphatic carbocycles. The number of nitrogens with zero attached hydrogens (tertiary/aromatic N) is 2. The predicted molar refractivity (Wildman–Crippen MR) is 81.0 cm³/mol. The van der Waals surface area contributed by atoms with Crippen molar-refractivity contribution in [1.29, 1.82) is 0 Å². The third-order valence-corrected chi connectivity index (χ3v) is 4.05. The Morgan fingerprint density at radius 3 is 2.33 bits per heavy atom. The monoisotopic (exact) mass is 297 g/mol. The van der Waals surface area contributed by atoms with Gasteiger partial charge >= 0.3 is 0 Å². The molecule has 0 atom stereocenters. The van der Waals surface area contributed by atoms with Gasteiger partial charge in [0.2, 0.25) is 0 Å². The molecular formula is C16H25F2N3. The van der Waals surface area contributed by atoms with Crippen LogP contribution in [0.4, 0.5) is 8.78 Å². The van der Waals surface area contributed by atoms with E-state index in [-0.39, 0.29) is 0 Å². The van der Waals surface area contributed by atoms with Gasteiger partial charge in [-0.2, -0.15) is 0 Å².